The summed E-state index contributed by atoms with van der Waals surface area (Å²) in [4.78, 5) is 34.3. The summed E-state index contributed by atoms with van der Waals surface area (Å²) in [6, 6.07) is 11.8. The number of nitrogens with one attached hydrogen (secondary N) is 1. The molecule has 0 aliphatic carbocycles. The lowest BCUT2D eigenvalue weighted by atomic mass is 10.1. The van der Waals surface area contributed by atoms with Crippen molar-refractivity contribution >= 4 is 23.4 Å². The number of hydrogen-bond donors (Lipinski definition) is 1. The van der Waals surface area contributed by atoms with Crippen molar-refractivity contribution in [2.45, 2.75) is 19.0 Å². The number of carbonyl (C=O) groups is 2. The Labute approximate surface area is 192 Å². The molecule has 2 aromatic heterocycles. The molecule has 1 fully saturated rings. The van der Waals surface area contributed by atoms with Crippen molar-refractivity contribution in [1.82, 2.24) is 9.97 Å². The fourth-order valence-electron chi connectivity index (χ4n) is 3.72. The van der Waals surface area contributed by atoms with E-state index in [-0.39, 0.29) is 29.9 Å². The van der Waals surface area contributed by atoms with Crippen molar-refractivity contribution < 1.29 is 31.9 Å². The first-order valence-corrected chi connectivity index (χ1v) is 10.5. The van der Waals surface area contributed by atoms with Gasteiger partial charge in [-0.2, -0.15) is 13.2 Å². The van der Waals surface area contributed by atoms with Crippen molar-refractivity contribution in [2.24, 2.45) is 5.92 Å². The van der Waals surface area contributed by atoms with Crippen LogP contribution < -0.4 is 10.2 Å². The van der Waals surface area contributed by atoms with Crippen molar-refractivity contribution in [3.63, 3.8) is 0 Å². The lowest BCUT2D eigenvalue weighted by molar-refractivity contribution is -0.153. The Balaban J connectivity index is 1.47. The fraction of sp³-hybridized carbons (Fsp3) is 0.304. The molecule has 1 saturated heterocycles. The van der Waals surface area contributed by atoms with Crippen LogP contribution in [0, 0.1) is 5.92 Å². The van der Waals surface area contributed by atoms with Gasteiger partial charge in [0.25, 0.3) is 5.91 Å². The summed E-state index contributed by atoms with van der Waals surface area (Å²) in [5.74, 6) is -2.68. The van der Waals surface area contributed by atoms with Crippen LogP contribution in [0.4, 0.5) is 24.7 Å². The Morgan fingerprint density at radius 2 is 1.97 bits per heavy atom. The van der Waals surface area contributed by atoms with Gasteiger partial charge in [0.05, 0.1) is 24.9 Å². The molecule has 1 aromatic carbocycles. The maximum Gasteiger partial charge on any atom is 0.452 e. The number of alkyl halides is 3. The number of anilines is 2. The SMILES string of the molecule is COC(=O)C1CCN(c2ccc(NC(=O)c3nc(Cc4ccccc4)oc3C(F)(F)F)cn2)C1. The second-order valence-electron chi connectivity index (χ2n) is 7.76. The van der Waals surface area contributed by atoms with Gasteiger partial charge in [0.1, 0.15) is 5.82 Å². The number of aromatic nitrogens is 2. The summed E-state index contributed by atoms with van der Waals surface area (Å²) >= 11 is 0. The highest BCUT2D eigenvalue weighted by atomic mass is 19.4. The topological polar surface area (TPSA) is 97.6 Å². The van der Waals surface area contributed by atoms with E-state index < -0.39 is 23.5 Å². The van der Waals surface area contributed by atoms with Crippen LogP contribution in [0.2, 0.25) is 0 Å². The average Bonchev–Trinajstić information content (AvgIpc) is 3.48. The Morgan fingerprint density at radius 3 is 2.62 bits per heavy atom. The molecule has 4 rings (SSSR count). The summed E-state index contributed by atoms with van der Waals surface area (Å²) in [6.45, 7) is 1.06. The molecule has 34 heavy (non-hydrogen) atoms. The minimum atomic E-state index is -4.89. The van der Waals surface area contributed by atoms with Crippen LogP contribution >= 0.6 is 0 Å². The second kappa shape index (κ2) is 9.54. The summed E-state index contributed by atoms with van der Waals surface area (Å²) in [7, 11) is 1.34. The molecule has 0 radical (unpaired) electrons. The van der Waals surface area contributed by atoms with Gasteiger partial charge in [0.15, 0.2) is 11.6 Å². The predicted octanol–water partition coefficient (Wildman–Crippen LogP) is 3.93. The van der Waals surface area contributed by atoms with Crippen LogP contribution in [0.25, 0.3) is 0 Å². The van der Waals surface area contributed by atoms with Crippen LogP contribution in [0.1, 0.15) is 34.1 Å². The van der Waals surface area contributed by atoms with Gasteiger partial charge in [-0.15, -0.1) is 0 Å². The van der Waals surface area contributed by atoms with Gasteiger partial charge >= 0.3 is 12.1 Å². The minimum Gasteiger partial charge on any atom is -0.469 e. The number of benzene rings is 1. The number of oxazole rings is 1. The number of amides is 1. The van der Waals surface area contributed by atoms with Gasteiger partial charge in [-0.3, -0.25) is 9.59 Å². The number of esters is 1. The number of methoxy groups -OCH3 is 1. The van der Waals surface area contributed by atoms with E-state index >= 15 is 0 Å². The van der Waals surface area contributed by atoms with Crippen LogP contribution in [-0.4, -0.2) is 42.0 Å². The number of nitrogens with zero attached hydrogens (tertiary/aromatic N) is 3. The zero-order chi connectivity index (χ0) is 24.3. The average molecular weight is 474 g/mol. The molecular formula is C23H21F3N4O4. The van der Waals surface area contributed by atoms with Crippen molar-refractivity contribution in [3.8, 4) is 0 Å². The van der Waals surface area contributed by atoms with Gasteiger partial charge in [-0.1, -0.05) is 30.3 Å². The maximum atomic E-state index is 13.5. The lowest BCUT2D eigenvalue weighted by Gasteiger charge is -2.17. The Bertz CT molecular complexity index is 1160. The van der Waals surface area contributed by atoms with Crippen LogP contribution in [-0.2, 0) is 22.1 Å². The Hall–Kier alpha value is -3.89. The van der Waals surface area contributed by atoms with E-state index in [0.29, 0.717) is 30.9 Å². The molecule has 1 aliphatic rings. The van der Waals surface area contributed by atoms with Crippen LogP contribution in [0.5, 0.6) is 0 Å². The number of halogens is 3. The third-order valence-electron chi connectivity index (χ3n) is 5.39. The number of pyridine rings is 1. The molecule has 1 N–H and O–H groups in total. The van der Waals surface area contributed by atoms with Crippen molar-refractivity contribution in [1.29, 1.82) is 0 Å². The van der Waals surface area contributed by atoms with Gasteiger partial charge < -0.3 is 19.4 Å². The van der Waals surface area contributed by atoms with E-state index in [2.05, 4.69) is 15.3 Å². The fourth-order valence-corrected chi connectivity index (χ4v) is 3.72. The number of ether oxygens (including phenoxy) is 1. The first-order valence-electron chi connectivity index (χ1n) is 10.5. The van der Waals surface area contributed by atoms with Crippen LogP contribution in [0.3, 0.4) is 0 Å². The van der Waals surface area contributed by atoms with E-state index in [1.807, 2.05) is 4.90 Å². The highest BCUT2D eigenvalue weighted by Crippen LogP contribution is 2.33. The summed E-state index contributed by atoms with van der Waals surface area (Å²) in [6.07, 6.45) is -2.92. The van der Waals surface area contributed by atoms with Crippen molar-refractivity contribution in [2.75, 3.05) is 30.4 Å². The summed E-state index contributed by atoms with van der Waals surface area (Å²) in [5.41, 5.74) is 0.0433. The Morgan fingerprint density at radius 1 is 1.21 bits per heavy atom. The molecule has 0 spiro atoms. The van der Waals surface area contributed by atoms with E-state index in [1.165, 1.54) is 19.4 Å². The molecule has 3 heterocycles. The molecule has 0 saturated carbocycles. The first kappa shape index (κ1) is 23.3. The zero-order valence-electron chi connectivity index (χ0n) is 18.1. The standard InChI is InChI=1S/C23H21F3N4O4/c1-33-22(32)15-9-10-30(13-15)17-8-7-16(12-27-17)28-21(31)19-20(23(24,25)26)34-18(29-19)11-14-5-3-2-4-6-14/h2-8,12,15H,9-11,13H2,1H3,(H,28,31). The number of rotatable bonds is 6. The first-order chi connectivity index (χ1) is 16.2. The van der Waals surface area contributed by atoms with Gasteiger partial charge in [0.2, 0.25) is 5.76 Å². The smallest absolute Gasteiger partial charge is 0.452 e. The highest BCUT2D eigenvalue weighted by molar-refractivity contribution is 6.03. The van der Waals surface area contributed by atoms with E-state index in [1.54, 1.807) is 36.4 Å². The molecule has 1 atom stereocenters. The van der Waals surface area contributed by atoms with Gasteiger partial charge in [0, 0.05) is 19.5 Å². The number of hydrogen-bond acceptors (Lipinski definition) is 7. The molecule has 3 aromatic rings. The quantitative estimate of drug-likeness (QED) is 0.541. The lowest BCUT2D eigenvalue weighted by Crippen LogP contribution is -2.24. The molecule has 178 valence electrons. The Kier molecular flexibility index (Phi) is 6.53. The third kappa shape index (κ3) is 5.19. The maximum absolute atomic E-state index is 13.5. The molecule has 0 bridgehead atoms. The minimum absolute atomic E-state index is 0.00978. The molecule has 1 unspecified atom stereocenters. The molecule has 11 heteroatoms. The molecule has 1 aliphatic heterocycles. The van der Waals surface area contributed by atoms with Crippen LogP contribution in [0.15, 0.2) is 53.1 Å². The van der Waals surface area contributed by atoms with E-state index in [4.69, 9.17) is 9.15 Å². The summed E-state index contributed by atoms with van der Waals surface area (Å²) in [5, 5.41) is 2.39. The van der Waals surface area contributed by atoms with E-state index in [9.17, 15) is 22.8 Å². The zero-order valence-corrected chi connectivity index (χ0v) is 18.1. The predicted molar refractivity (Wildman–Crippen MR) is 115 cm³/mol. The normalized spacial score (nSPS) is 15.9. The highest BCUT2D eigenvalue weighted by Gasteiger charge is 2.41. The largest absolute Gasteiger partial charge is 0.469 e. The van der Waals surface area contributed by atoms with Gasteiger partial charge in [-0.05, 0) is 24.1 Å². The van der Waals surface area contributed by atoms with Gasteiger partial charge in [-0.25, -0.2) is 9.97 Å². The summed E-state index contributed by atoms with van der Waals surface area (Å²) < 4.78 is 50.1. The molecule has 8 nitrogen and oxygen atoms in total. The second-order valence-corrected chi connectivity index (χ2v) is 7.76. The van der Waals surface area contributed by atoms with E-state index in [0.717, 1.165) is 0 Å². The third-order valence-corrected chi connectivity index (χ3v) is 5.39. The van der Waals surface area contributed by atoms with Crippen molar-refractivity contribution in [3.05, 3.63) is 71.6 Å². The molecule has 1 amide bonds. The molecular weight excluding hydrogens is 453 g/mol. The monoisotopic (exact) mass is 474 g/mol. The number of carbonyl (C=O) groups excluding carboxylic acids is 2.